The molecule has 106 valence electrons. The first-order valence-electron chi connectivity index (χ1n) is 6.40. The molecule has 5 nitrogen and oxygen atoms in total. The van der Waals surface area contributed by atoms with Crippen LogP contribution in [0.15, 0.2) is 35.3 Å². The lowest BCUT2D eigenvalue weighted by Gasteiger charge is -2.10. The summed E-state index contributed by atoms with van der Waals surface area (Å²) in [7, 11) is 1.94. The highest BCUT2D eigenvalue weighted by Gasteiger charge is 2.17. The van der Waals surface area contributed by atoms with E-state index in [1.807, 2.05) is 36.9 Å². The Bertz CT molecular complexity index is 618. The van der Waals surface area contributed by atoms with E-state index in [9.17, 15) is 0 Å². The fraction of sp³-hybridized carbons (Fsp3) is 0.286. The van der Waals surface area contributed by atoms with Gasteiger partial charge in [-0.15, -0.1) is 12.4 Å². The third-order valence-corrected chi connectivity index (χ3v) is 3.20. The van der Waals surface area contributed by atoms with Gasteiger partial charge in [-0.05, 0) is 12.5 Å². The Morgan fingerprint density at radius 3 is 2.65 bits per heavy atom. The average molecular weight is 292 g/mol. The average Bonchev–Trinajstić information content (AvgIpc) is 3.00. The molecule has 20 heavy (non-hydrogen) atoms. The highest BCUT2D eigenvalue weighted by molar-refractivity contribution is 5.97. The number of hydrogen-bond donors (Lipinski definition) is 2. The first-order chi connectivity index (χ1) is 9.25. The summed E-state index contributed by atoms with van der Waals surface area (Å²) in [4.78, 5) is 4.37. The lowest BCUT2D eigenvalue weighted by atomic mass is 10.1. The molecule has 0 amide bonds. The normalized spacial score (nSPS) is 13.4. The molecule has 1 aliphatic heterocycles. The molecule has 0 aliphatic carbocycles. The fourth-order valence-corrected chi connectivity index (χ4v) is 2.35. The molecule has 2 heterocycles. The molecule has 2 N–H and O–H groups in total. The molecular formula is C14H18ClN5. The monoisotopic (exact) mass is 291 g/mol. The van der Waals surface area contributed by atoms with Crippen LogP contribution in [0.1, 0.15) is 5.69 Å². The molecule has 0 saturated heterocycles. The van der Waals surface area contributed by atoms with Crippen molar-refractivity contribution in [3.63, 3.8) is 0 Å². The first-order valence-corrected chi connectivity index (χ1v) is 6.40. The van der Waals surface area contributed by atoms with Crippen LogP contribution in [0.5, 0.6) is 0 Å². The smallest absolute Gasteiger partial charge is 0.197 e. The van der Waals surface area contributed by atoms with Gasteiger partial charge in [0.1, 0.15) is 5.82 Å². The van der Waals surface area contributed by atoms with Crippen molar-refractivity contribution in [1.82, 2.24) is 15.1 Å². The molecule has 0 unspecified atom stereocenters. The number of aryl methyl sites for hydroxylation is 2. The summed E-state index contributed by atoms with van der Waals surface area (Å²) in [5.41, 5.74) is 3.29. The zero-order chi connectivity index (χ0) is 13.2. The number of guanidine groups is 1. The third-order valence-electron chi connectivity index (χ3n) is 3.20. The molecule has 1 aromatic carbocycles. The van der Waals surface area contributed by atoms with E-state index in [4.69, 9.17) is 0 Å². The highest BCUT2D eigenvalue weighted by atomic mass is 35.5. The SMILES string of the molecule is Cc1nn(C)c(NC2=NCCN2)c1-c1ccccc1.Cl. The Hall–Kier alpha value is -2.01. The van der Waals surface area contributed by atoms with Crippen molar-refractivity contribution in [3.8, 4) is 11.1 Å². The van der Waals surface area contributed by atoms with Crippen molar-refractivity contribution in [3.05, 3.63) is 36.0 Å². The number of anilines is 1. The Morgan fingerprint density at radius 1 is 1.25 bits per heavy atom. The van der Waals surface area contributed by atoms with Gasteiger partial charge in [-0.3, -0.25) is 9.67 Å². The van der Waals surface area contributed by atoms with Gasteiger partial charge in [0.25, 0.3) is 0 Å². The van der Waals surface area contributed by atoms with E-state index in [0.29, 0.717) is 0 Å². The van der Waals surface area contributed by atoms with Gasteiger partial charge in [0.15, 0.2) is 5.96 Å². The van der Waals surface area contributed by atoms with E-state index in [-0.39, 0.29) is 12.4 Å². The molecule has 0 spiro atoms. The third kappa shape index (κ3) is 2.63. The van der Waals surface area contributed by atoms with Crippen molar-refractivity contribution in [2.75, 3.05) is 18.4 Å². The van der Waals surface area contributed by atoms with Crippen LogP contribution in [0.2, 0.25) is 0 Å². The molecule has 2 aromatic rings. The minimum absolute atomic E-state index is 0. The van der Waals surface area contributed by atoms with Crippen molar-refractivity contribution in [2.24, 2.45) is 12.0 Å². The standard InChI is InChI=1S/C14H17N5.ClH/c1-10-12(11-6-4-3-5-7-11)13(19(2)18-10)17-14-15-8-9-16-14;/h3-7H,8-9H2,1-2H3,(H2,15,16,17);1H. The van der Waals surface area contributed by atoms with Gasteiger partial charge >= 0.3 is 0 Å². The molecule has 3 rings (SSSR count). The van der Waals surface area contributed by atoms with Crippen molar-refractivity contribution >= 4 is 24.2 Å². The molecule has 0 fully saturated rings. The second-order valence-electron chi connectivity index (χ2n) is 4.58. The summed E-state index contributed by atoms with van der Waals surface area (Å²) in [6, 6.07) is 10.3. The van der Waals surface area contributed by atoms with Crippen LogP contribution >= 0.6 is 12.4 Å². The first kappa shape index (κ1) is 14.4. The van der Waals surface area contributed by atoms with E-state index in [0.717, 1.165) is 41.7 Å². The molecular weight excluding hydrogens is 274 g/mol. The number of aromatic nitrogens is 2. The second-order valence-corrected chi connectivity index (χ2v) is 4.58. The zero-order valence-corrected chi connectivity index (χ0v) is 12.4. The topological polar surface area (TPSA) is 54.2 Å². The van der Waals surface area contributed by atoms with Gasteiger partial charge in [-0.25, -0.2) is 0 Å². The Morgan fingerprint density at radius 2 is 2.00 bits per heavy atom. The predicted octanol–water partition coefficient (Wildman–Crippen LogP) is 2.19. The van der Waals surface area contributed by atoms with Crippen LogP contribution < -0.4 is 10.6 Å². The molecule has 6 heteroatoms. The van der Waals surface area contributed by atoms with Crippen LogP contribution in [-0.2, 0) is 7.05 Å². The van der Waals surface area contributed by atoms with Gasteiger partial charge in [-0.1, -0.05) is 30.3 Å². The van der Waals surface area contributed by atoms with Crippen molar-refractivity contribution in [2.45, 2.75) is 6.92 Å². The van der Waals surface area contributed by atoms with Gasteiger partial charge < -0.3 is 10.6 Å². The second kappa shape index (κ2) is 5.96. The number of rotatable bonds is 2. The molecule has 0 atom stereocenters. The number of aliphatic imine (C=N–C) groups is 1. The van der Waals surface area contributed by atoms with Gasteiger partial charge in [0.2, 0.25) is 0 Å². The zero-order valence-electron chi connectivity index (χ0n) is 11.6. The van der Waals surface area contributed by atoms with Crippen LogP contribution in [-0.4, -0.2) is 28.8 Å². The quantitative estimate of drug-likeness (QED) is 0.892. The number of hydrogen-bond acceptors (Lipinski definition) is 4. The Balaban J connectivity index is 0.00000147. The fourth-order valence-electron chi connectivity index (χ4n) is 2.35. The predicted molar refractivity (Wildman–Crippen MR) is 84.6 cm³/mol. The Kier molecular flexibility index (Phi) is 4.29. The van der Waals surface area contributed by atoms with Crippen LogP contribution in [0, 0.1) is 6.92 Å². The maximum absolute atomic E-state index is 4.50. The number of nitrogens with one attached hydrogen (secondary N) is 2. The maximum Gasteiger partial charge on any atom is 0.197 e. The Labute approximate surface area is 124 Å². The summed E-state index contributed by atoms with van der Waals surface area (Å²) < 4.78 is 1.86. The molecule has 1 aromatic heterocycles. The summed E-state index contributed by atoms with van der Waals surface area (Å²) in [6.45, 7) is 3.73. The van der Waals surface area contributed by atoms with Gasteiger partial charge in [0, 0.05) is 19.2 Å². The molecule has 0 saturated carbocycles. The van der Waals surface area contributed by atoms with Crippen LogP contribution in [0.25, 0.3) is 11.1 Å². The summed E-state index contributed by atoms with van der Waals surface area (Å²) in [6.07, 6.45) is 0. The summed E-state index contributed by atoms with van der Waals surface area (Å²) in [5.74, 6) is 1.79. The van der Waals surface area contributed by atoms with E-state index in [2.05, 4.69) is 32.9 Å². The largest absolute Gasteiger partial charge is 0.354 e. The maximum atomic E-state index is 4.50. The molecule has 0 bridgehead atoms. The van der Waals surface area contributed by atoms with E-state index in [1.165, 1.54) is 0 Å². The molecule has 0 radical (unpaired) electrons. The number of nitrogens with zero attached hydrogens (tertiary/aromatic N) is 3. The lowest BCUT2D eigenvalue weighted by Crippen LogP contribution is -2.27. The highest BCUT2D eigenvalue weighted by Crippen LogP contribution is 2.30. The van der Waals surface area contributed by atoms with E-state index in [1.54, 1.807) is 0 Å². The minimum Gasteiger partial charge on any atom is -0.354 e. The van der Waals surface area contributed by atoms with Crippen LogP contribution in [0.3, 0.4) is 0 Å². The number of benzene rings is 1. The van der Waals surface area contributed by atoms with Crippen molar-refractivity contribution in [1.29, 1.82) is 0 Å². The lowest BCUT2D eigenvalue weighted by molar-refractivity contribution is 0.765. The summed E-state index contributed by atoms with van der Waals surface area (Å²) >= 11 is 0. The van der Waals surface area contributed by atoms with Crippen LogP contribution in [0.4, 0.5) is 5.82 Å². The van der Waals surface area contributed by atoms with E-state index >= 15 is 0 Å². The van der Waals surface area contributed by atoms with Gasteiger partial charge in [-0.2, -0.15) is 5.10 Å². The van der Waals surface area contributed by atoms with Gasteiger partial charge in [0.05, 0.1) is 12.2 Å². The minimum atomic E-state index is 0. The molecule has 1 aliphatic rings. The van der Waals surface area contributed by atoms with Crippen molar-refractivity contribution < 1.29 is 0 Å². The summed E-state index contributed by atoms with van der Waals surface area (Å²) in [5, 5.41) is 11.1. The number of halogens is 1. The van der Waals surface area contributed by atoms with E-state index < -0.39 is 0 Å².